The van der Waals surface area contributed by atoms with E-state index in [1.807, 2.05) is 25.1 Å². The van der Waals surface area contributed by atoms with Crippen molar-refractivity contribution in [1.82, 2.24) is 15.2 Å². The molecule has 33 heavy (non-hydrogen) atoms. The first-order valence-electron chi connectivity index (χ1n) is 11.3. The highest BCUT2D eigenvalue weighted by Crippen LogP contribution is 2.41. The zero-order valence-corrected chi connectivity index (χ0v) is 18.7. The third-order valence-electron chi connectivity index (χ3n) is 6.51. The summed E-state index contributed by atoms with van der Waals surface area (Å²) in [6.45, 7) is 3.22. The number of aromatic nitrogens is 3. The van der Waals surface area contributed by atoms with Gasteiger partial charge in [0.25, 0.3) is 0 Å². The molecule has 1 aliphatic heterocycles. The number of hydrogen-bond donors (Lipinski definition) is 1. The van der Waals surface area contributed by atoms with Crippen LogP contribution in [-0.2, 0) is 20.7 Å². The van der Waals surface area contributed by atoms with Crippen molar-refractivity contribution < 1.29 is 18.7 Å². The molecule has 1 N–H and O–H groups in total. The lowest BCUT2D eigenvalue weighted by Gasteiger charge is -2.26. The van der Waals surface area contributed by atoms with E-state index in [-0.39, 0.29) is 23.6 Å². The number of ether oxygens (including phenoxy) is 2. The van der Waals surface area contributed by atoms with Crippen molar-refractivity contribution in [1.29, 1.82) is 0 Å². The molecule has 2 aromatic heterocycles. The van der Waals surface area contributed by atoms with E-state index in [0.717, 1.165) is 57.0 Å². The predicted molar refractivity (Wildman–Crippen MR) is 124 cm³/mol. The van der Waals surface area contributed by atoms with Gasteiger partial charge in [-0.25, -0.2) is 4.39 Å². The molecule has 1 atom stereocenters. The third-order valence-corrected chi connectivity index (χ3v) is 6.51. The van der Waals surface area contributed by atoms with Gasteiger partial charge in [-0.2, -0.15) is 5.10 Å². The molecule has 0 bridgehead atoms. The zero-order valence-electron chi connectivity index (χ0n) is 18.7. The minimum absolute atomic E-state index is 0.218. The second-order valence-corrected chi connectivity index (χ2v) is 8.70. The topological polar surface area (TPSA) is 77.1 Å². The van der Waals surface area contributed by atoms with Crippen LogP contribution in [0.2, 0.25) is 0 Å². The molecule has 0 amide bonds. The first kappa shape index (κ1) is 21.5. The van der Waals surface area contributed by atoms with Gasteiger partial charge in [0, 0.05) is 47.6 Å². The lowest BCUT2D eigenvalue weighted by atomic mass is 9.85. The number of rotatable bonds is 5. The molecule has 4 aromatic rings. The maximum Gasteiger partial charge on any atom is 0.308 e. The predicted octanol–water partition coefficient (Wildman–Crippen LogP) is 5.16. The van der Waals surface area contributed by atoms with Gasteiger partial charge in [0.15, 0.2) is 0 Å². The average molecular weight is 448 g/mol. The largest absolute Gasteiger partial charge is 0.469 e. The van der Waals surface area contributed by atoms with Crippen molar-refractivity contribution in [2.75, 3.05) is 20.3 Å². The molecule has 0 spiro atoms. The summed E-state index contributed by atoms with van der Waals surface area (Å²) in [4.78, 5) is 17.4. The number of carbonyl (C=O) groups excluding carboxylic acids is 1. The number of carbonyl (C=O) groups is 1. The number of hydrogen-bond acceptors (Lipinski definition) is 5. The van der Waals surface area contributed by atoms with Gasteiger partial charge in [-0.05, 0) is 48.1 Å². The van der Waals surface area contributed by atoms with Gasteiger partial charge < -0.3 is 9.47 Å². The summed E-state index contributed by atoms with van der Waals surface area (Å²) in [5.41, 5.74) is 4.67. The summed E-state index contributed by atoms with van der Waals surface area (Å²) in [7, 11) is 1.41. The van der Waals surface area contributed by atoms with Crippen molar-refractivity contribution in [2.24, 2.45) is 5.92 Å². The SMILES string of the molecule is COC(=O)[C@H](C)Cc1nc(C2CCOCC2)c(-c2ccc(F)cc2)c2cc3cn[nH]c3cc12. The zero-order chi connectivity index (χ0) is 22.9. The van der Waals surface area contributed by atoms with Crippen LogP contribution in [0.4, 0.5) is 4.39 Å². The second-order valence-electron chi connectivity index (χ2n) is 8.70. The first-order chi connectivity index (χ1) is 16.0. The van der Waals surface area contributed by atoms with Crippen LogP contribution < -0.4 is 0 Å². The summed E-state index contributed by atoms with van der Waals surface area (Å²) in [5, 5.41) is 10.2. The Morgan fingerprint density at radius 2 is 1.97 bits per heavy atom. The first-order valence-corrected chi connectivity index (χ1v) is 11.3. The van der Waals surface area contributed by atoms with E-state index in [2.05, 4.69) is 16.3 Å². The second kappa shape index (κ2) is 8.90. The summed E-state index contributed by atoms with van der Waals surface area (Å²) < 4.78 is 24.3. The van der Waals surface area contributed by atoms with Gasteiger partial charge in [-0.1, -0.05) is 19.1 Å². The van der Waals surface area contributed by atoms with Crippen LogP contribution in [0.1, 0.15) is 37.1 Å². The number of H-pyrrole nitrogens is 1. The number of nitrogens with zero attached hydrogens (tertiary/aromatic N) is 2. The molecule has 3 heterocycles. The lowest BCUT2D eigenvalue weighted by molar-refractivity contribution is -0.144. The molecular weight excluding hydrogens is 421 g/mol. The van der Waals surface area contributed by atoms with Gasteiger partial charge in [0.2, 0.25) is 0 Å². The van der Waals surface area contributed by atoms with Crippen LogP contribution in [0, 0.1) is 11.7 Å². The Labute approximate surface area is 191 Å². The highest BCUT2D eigenvalue weighted by atomic mass is 19.1. The maximum atomic E-state index is 13.8. The van der Waals surface area contributed by atoms with Crippen molar-refractivity contribution in [3.8, 4) is 11.1 Å². The number of nitrogens with one attached hydrogen (secondary N) is 1. The Morgan fingerprint density at radius 3 is 2.70 bits per heavy atom. The third kappa shape index (κ3) is 4.09. The van der Waals surface area contributed by atoms with Crippen molar-refractivity contribution >= 4 is 27.6 Å². The van der Waals surface area contributed by atoms with Crippen LogP contribution in [0.5, 0.6) is 0 Å². The molecule has 5 rings (SSSR count). The van der Waals surface area contributed by atoms with E-state index in [4.69, 9.17) is 14.5 Å². The van der Waals surface area contributed by atoms with E-state index < -0.39 is 0 Å². The summed E-state index contributed by atoms with van der Waals surface area (Å²) >= 11 is 0. The van der Waals surface area contributed by atoms with Gasteiger partial charge in [-0.15, -0.1) is 0 Å². The number of pyridine rings is 1. The van der Waals surface area contributed by atoms with E-state index in [1.165, 1.54) is 19.2 Å². The van der Waals surface area contributed by atoms with Crippen molar-refractivity contribution in [3.05, 3.63) is 59.8 Å². The number of esters is 1. The highest BCUT2D eigenvalue weighted by molar-refractivity contribution is 6.05. The number of fused-ring (bicyclic) bond motifs is 2. The Morgan fingerprint density at radius 1 is 1.21 bits per heavy atom. The Bertz CT molecular complexity index is 1310. The normalized spacial score (nSPS) is 15.7. The van der Waals surface area contributed by atoms with Crippen LogP contribution >= 0.6 is 0 Å². The number of halogens is 1. The fourth-order valence-corrected chi connectivity index (χ4v) is 4.75. The van der Waals surface area contributed by atoms with Crippen LogP contribution in [0.15, 0.2) is 42.6 Å². The van der Waals surface area contributed by atoms with Crippen LogP contribution in [0.25, 0.3) is 32.8 Å². The van der Waals surface area contributed by atoms with E-state index >= 15 is 0 Å². The van der Waals surface area contributed by atoms with Crippen molar-refractivity contribution in [3.63, 3.8) is 0 Å². The van der Waals surface area contributed by atoms with Gasteiger partial charge in [0.1, 0.15) is 5.82 Å². The number of methoxy groups -OCH3 is 1. The molecule has 0 unspecified atom stereocenters. The molecule has 7 heteroatoms. The summed E-state index contributed by atoms with van der Waals surface area (Å²) in [6, 6.07) is 10.8. The standard InChI is InChI=1S/C26H26FN3O3/c1-15(26(31)32-2)11-23-20-13-22-18(14-28-30-22)12-21(20)24(16-3-5-19(27)6-4-16)25(29-23)17-7-9-33-10-8-17/h3-6,12-15,17H,7-11H2,1-2H3,(H,28,30)/t15-/m1/s1. The Balaban J connectivity index is 1.80. The van der Waals surface area contributed by atoms with Gasteiger partial charge in [-0.3, -0.25) is 14.9 Å². The lowest BCUT2D eigenvalue weighted by Crippen LogP contribution is -2.19. The fourth-order valence-electron chi connectivity index (χ4n) is 4.75. The molecule has 0 aliphatic carbocycles. The molecule has 6 nitrogen and oxygen atoms in total. The summed E-state index contributed by atoms with van der Waals surface area (Å²) in [5.74, 6) is -0.648. The van der Waals surface area contributed by atoms with Gasteiger partial charge in [0.05, 0.1) is 30.4 Å². The Hall–Kier alpha value is -3.32. The van der Waals surface area contributed by atoms with Gasteiger partial charge >= 0.3 is 5.97 Å². The molecular formula is C26H26FN3O3. The molecule has 1 saturated heterocycles. The summed E-state index contributed by atoms with van der Waals surface area (Å²) in [6.07, 6.45) is 4.00. The minimum Gasteiger partial charge on any atom is -0.469 e. The number of benzene rings is 2. The molecule has 1 fully saturated rings. The fraction of sp³-hybridized carbons (Fsp3) is 0.346. The quantitative estimate of drug-likeness (QED) is 0.428. The highest BCUT2D eigenvalue weighted by Gasteiger charge is 2.26. The van der Waals surface area contributed by atoms with E-state index in [9.17, 15) is 9.18 Å². The van der Waals surface area contributed by atoms with Crippen LogP contribution in [-0.4, -0.2) is 41.5 Å². The number of aromatic amines is 1. The average Bonchev–Trinajstić information content (AvgIpc) is 3.31. The molecule has 2 aromatic carbocycles. The van der Waals surface area contributed by atoms with E-state index in [0.29, 0.717) is 19.6 Å². The van der Waals surface area contributed by atoms with Crippen LogP contribution in [0.3, 0.4) is 0 Å². The molecule has 0 saturated carbocycles. The van der Waals surface area contributed by atoms with E-state index in [1.54, 1.807) is 6.20 Å². The minimum atomic E-state index is -0.331. The Kier molecular flexibility index (Phi) is 5.81. The molecule has 170 valence electrons. The smallest absolute Gasteiger partial charge is 0.308 e. The monoisotopic (exact) mass is 447 g/mol. The van der Waals surface area contributed by atoms with Crippen molar-refractivity contribution in [2.45, 2.75) is 32.1 Å². The molecule has 1 aliphatic rings. The molecule has 0 radical (unpaired) electrons. The maximum absolute atomic E-state index is 13.8.